The molecule has 0 aliphatic carbocycles. The molecule has 1 aliphatic rings. The van der Waals surface area contributed by atoms with Crippen LogP contribution < -0.4 is 10.6 Å². The molecule has 1 saturated heterocycles. The minimum atomic E-state index is 0.105. The van der Waals surface area contributed by atoms with Gasteiger partial charge < -0.3 is 20.1 Å². The first kappa shape index (κ1) is 20.9. The molecule has 2 rings (SSSR count). The fourth-order valence-corrected chi connectivity index (χ4v) is 3.49. The van der Waals surface area contributed by atoms with E-state index in [1.807, 2.05) is 32.0 Å². The first-order valence-corrected chi connectivity index (χ1v) is 9.86. The van der Waals surface area contributed by atoms with Gasteiger partial charge in [0, 0.05) is 18.7 Å². The van der Waals surface area contributed by atoms with Crippen molar-refractivity contribution in [2.75, 3.05) is 38.2 Å². The lowest BCUT2D eigenvalue weighted by atomic mass is 9.84. The van der Waals surface area contributed by atoms with Crippen molar-refractivity contribution in [3.8, 4) is 0 Å². The lowest BCUT2D eigenvalue weighted by Gasteiger charge is -2.28. The first-order valence-electron chi connectivity index (χ1n) is 9.86. The van der Waals surface area contributed by atoms with Gasteiger partial charge in [0.25, 0.3) is 0 Å². The van der Waals surface area contributed by atoms with Crippen LogP contribution in [0, 0.1) is 18.8 Å². The highest BCUT2D eigenvalue weighted by atomic mass is 16.5. The molecular formula is C21H34N2O3. The molecular weight excluding hydrogens is 328 g/mol. The first-order chi connectivity index (χ1) is 12.6. The second kappa shape index (κ2) is 11.3. The molecule has 5 heteroatoms. The molecule has 1 aromatic rings. The van der Waals surface area contributed by atoms with Crippen LogP contribution in [0.3, 0.4) is 0 Å². The summed E-state index contributed by atoms with van der Waals surface area (Å²) < 4.78 is 10.9. The van der Waals surface area contributed by atoms with Gasteiger partial charge in [0.1, 0.15) is 0 Å². The highest BCUT2D eigenvalue weighted by Gasteiger charge is 2.22. The fraction of sp³-hybridized carbons (Fsp3) is 0.667. The molecule has 1 fully saturated rings. The molecule has 1 aromatic carbocycles. The normalized spacial score (nSPS) is 16.4. The molecule has 0 aromatic heterocycles. The maximum absolute atomic E-state index is 12.5. The van der Waals surface area contributed by atoms with Gasteiger partial charge in [-0.25, -0.2) is 0 Å². The Hall–Kier alpha value is -1.43. The number of nitrogens with one attached hydrogen (secondary N) is 2. The van der Waals surface area contributed by atoms with Crippen LogP contribution in [0.4, 0.5) is 5.69 Å². The van der Waals surface area contributed by atoms with Gasteiger partial charge in [-0.3, -0.25) is 4.79 Å². The van der Waals surface area contributed by atoms with Crippen LogP contribution in [0.1, 0.15) is 44.2 Å². The molecule has 1 atom stereocenters. The fourth-order valence-electron chi connectivity index (χ4n) is 3.49. The number of carbonyl (C=O) groups excluding carboxylic acids is 1. The van der Waals surface area contributed by atoms with Crippen molar-refractivity contribution in [3.63, 3.8) is 0 Å². The van der Waals surface area contributed by atoms with Gasteiger partial charge in [0.15, 0.2) is 0 Å². The Balaban J connectivity index is 1.83. The molecule has 0 spiro atoms. The second-order valence-electron chi connectivity index (χ2n) is 7.16. The number of hydrogen-bond acceptors (Lipinski definition) is 4. The highest BCUT2D eigenvalue weighted by molar-refractivity contribution is 5.91. The third kappa shape index (κ3) is 6.71. The van der Waals surface area contributed by atoms with Crippen molar-refractivity contribution in [2.45, 2.75) is 46.6 Å². The number of benzene rings is 1. The molecule has 146 valence electrons. The summed E-state index contributed by atoms with van der Waals surface area (Å²) in [6, 6.07) is 5.98. The average molecular weight is 363 g/mol. The van der Waals surface area contributed by atoms with Crippen LogP contribution in [-0.2, 0) is 20.9 Å². The molecule has 2 N–H and O–H groups in total. The molecule has 1 unspecified atom stereocenters. The number of piperidine rings is 1. The van der Waals surface area contributed by atoms with E-state index in [9.17, 15) is 4.79 Å². The van der Waals surface area contributed by atoms with E-state index in [2.05, 4.69) is 17.6 Å². The quantitative estimate of drug-likeness (QED) is 0.625. The zero-order chi connectivity index (χ0) is 18.8. The summed E-state index contributed by atoms with van der Waals surface area (Å²) >= 11 is 0. The van der Waals surface area contributed by atoms with Crippen molar-refractivity contribution in [3.05, 3.63) is 29.3 Å². The molecule has 0 saturated carbocycles. The third-order valence-electron chi connectivity index (χ3n) is 5.25. The van der Waals surface area contributed by atoms with E-state index in [1.54, 1.807) is 0 Å². The van der Waals surface area contributed by atoms with E-state index in [-0.39, 0.29) is 5.91 Å². The number of ether oxygens (including phenoxy) is 2. The minimum Gasteiger partial charge on any atom is -0.379 e. The third-order valence-corrected chi connectivity index (χ3v) is 5.25. The SMILES string of the molecule is CCOCCOCc1cccc(NC(=O)CC(C)C2CCNCC2)c1C. The molecule has 1 heterocycles. The highest BCUT2D eigenvalue weighted by Crippen LogP contribution is 2.25. The van der Waals surface area contributed by atoms with E-state index in [0.29, 0.717) is 44.7 Å². The molecule has 5 nitrogen and oxygen atoms in total. The van der Waals surface area contributed by atoms with Crippen LogP contribution in [0.5, 0.6) is 0 Å². The molecule has 0 bridgehead atoms. The zero-order valence-corrected chi connectivity index (χ0v) is 16.5. The van der Waals surface area contributed by atoms with Crippen LogP contribution in [-0.4, -0.2) is 38.8 Å². The van der Waals surface area contributed by atoms with Crippen LogP contribution >= 0.6 is 0 Å². The smallest absolute Gasteiger partial charge is 0.224 e. The molecule has 1 aliphatic heterocycles. The van der Waals surface area contributed by atoms with E-state index < -0.39 is 0 Å². The number of amides is 1. The monoisotopic (exact) mass is 362 g/mol. The zero-order valence-electron chi connectivity index (χ0n) is 16.5. The number of anilines is 1. The average Bonchev–Trinajstić information content (AvgIpc) is 2.65. The largest absolute Gasteiger partial charge is 0.379 e. The van der Waals surface area contributed by atoms with Gasteiger partial charge in [-0.05, 0) is 68.8 Å². The van der Waals surface area contributed by atoms with E-state index >= 15 is 0 Å². The van der Waals surface area contributed by atoms with Crippen molar-refractivity contribution >= 4 is 11.6 Å². The Morgan fingerprint density at radius 3 is 2.73 bits per heavy atom. The summed E-state index contributed by atoms with van der Waals surface area (Å²) in [4.78, 5) is 12.5. The Morgan fingerprint density at radius 1 is 1.27 bits per heavy atom. The Morgan fingerprint density at radius 2 is 2.00 bits per heavy atom. The summed E-state index contributed by atoms with van der Waals surface area (Å²) in [6.07, 6.45) is 2.92. The Bertz CT molecular complexity index is 556. The van der Waals surface area contributed by atoms with E-state index in [4.69, 9.17) is 9.47 Å². The maximum atomic E-state index is 12.5. The van der Waals surface area contributed by atoms with Gasteiger partial charge in [-0.15, -0.1) is 0 Å². The van der Waals surface area contributed by atoms with Crippen LogP contribution in [0.2, 0.25) is 0 Å². The van der Waals surface area contributed by atoms with Gasteiger partial charge in [-0.1, -0.05) is 19.1 Å². The number of rotatable bonds is 10. The second-order valence-corrected chi connectivity index (χ2v) is 7.16. The predicted molar refractivity (Wildman–Crippen MR) is 105 cm³/mol. The van der Waals surface area contributed by atoms with Gasteiger partial charge in [0.2, 0.25) is 5.91 Å². The standard InChI is InChI=1S/C21H34N2O3/c1-4-25-12-13-26-15-19-6-5-7-20(17(19)3)23-21(24)14-16(2)18-8-10-22-11-9-18/h5-7,16,18,22H,4,8-15H2,1-3H3,(H,23,24). The lowest BCUT2D eigenvalue weighted by molar-refractivity contribution is -0.117. The summed E-state index contributed by atoms with van der Waals surface area (Å²) in [5, 5.41) is 6.48. The summed E-state index contributed by atoms with van der Waals surface area (Å²) in [6.45, 7) is 10.8. The number of carbonyl (C=O) groups is 1. The predicted octanol–water partition coefficient (Wildman–Crippen LogP) is 3.51. The van der Waals surface area contributed by atoms with Crippen molar-refractivity contribution in [1.82, 2.24) is 5.32 Å². The van der Waals surface area contributed by atoms with Crippen LogP contribution in [0.25, 0.3) is 0 Å². The molecule has 0 radical (unpaired) electrons. The number of hydrogen-bond donors (Lipinski definition) is 2. The van der Waals surface area contributed by atoms with Gasteiger partial charge in [-0.2, -0.15) is 0 Å². The van der Waals surface area contributed by atoms with E-state index in [1.165, 1.54) is 12.8 Å². The van der Waals surface area contributed by atoms with Gasteiger partial charge >= 0.3 is 0 Å². The van der Waals surface area contributed by atoms with Gasteiger partial charge in [0.05, 0.1) is 19.8 Å². The summed E-state index contributed by atoms with van der Waals surface area (Å²) in [5.41, 5.74) is 3.07. The lowest BCUT2D eigenvalue weighted by Crippen LogP contribution is -2.32. The topological polar surface area (TPSA) is 59.6 Å². The van der Waals surface area contributed by atoms with Crippen molar-refractivity contribution in [1.29, 1.82) is 0 Å². The van der Waals surface area contributed by atoms with Crippen LogP contribution in [0.15, 0.2) is 18.2 Å². The van der Waals surface area contributed by atoms with Crippen molar-refractivity contribution < 1.29 is 14.3 Å². The summed E-state index contributed by atoms with van der Waals surface area (Å²) in [5.74, 6) is 1.17. The Labute approximate surface area is 157 Å². The van der Waals surface area contributed by atoms with E-state index in [0.717, 1.165) is 29.9 Å². The minimum absolute atomic E-state index is 0.105. The maximum Gasteiger partial charge on any atom is 0.224 e. The summed E-state index contributed by atoms with van der Waals surface area (Å²) in [7, 11) is 0. The molecule has 26 heavy (non-hydrogen) atoms. The molecule has 1 amide bonds. The van der Waals surface area contributed by atoms with Crippen molar-refractivity contribution in [2.24, 2.45) is 11.8 Å². The Kier molecular flexibility index (Phi) is 9.09.